The van der Waals surface area contributed by atoms with Crippen LogP contribution < -0.4 is 4.90 Å². The number of hydrogen-bond acceptors (Lipinski definition) is 3. The summed E-state index contributed by atoms with van der Waals surface area (Å²) < 4.78 is 0. The van der Waals surface area contributed by atoms with Crippen molar-refractivity contribution in [2.24, 2.45) is 5.92 Å². The molecule has 3 rings (SSSR count). The van der Waals surface area contributed by atoms with Crippen LogP contribution in [0, 0.1) is 5.92 Å². The average molecular weight is 232 g/mol. The summed E-state index contributed by atoms with van der Waals surface area (Å²) in [5.41, 5.74) is 2.18. The highest BCUT2D eigenvalue weighted by atomic mass is 16.3. The SMILES string of the molecule is OCc1ccncc1N1CCC2CCCCC21. The molecule has 2 heterocycles. The van der Waals surface area contributed by atoms with Gasteiger partial charge in [-0.1, -0.05) is 12.8 Å². The molecule has 2 unspecified atom stereocenters. The molecule has 1 saturated carbocycles. The lowest BCUT2D eigenvalue weighted by molar-refractivity contribution is 0.281. The fourth-order valence-corrected chi connectivity index (χ4v) is 3.51. The molecule has 1 N–H and O–H groups in total. The molecule has 0 aromatic carbocycles. The maximum absolute atomic E-state index is 9.42. The molecule has 0 radical (unpaired) electrons. The molecule has 2 fully saturated rings. The van der Waals surface area contributed by atoms with Crippen LogP contribution in [0.2, 0.25) is 0 Å². The Kier molecular flexibility index (Phi) is 3.02. The number of hydrogen-bond donors (Lipinski definition) is 1. The van der Waals surface area contributed by atoms with E-state index in [0.717, 1.165) is 23.7 Å². The smallest absolute Gasteiger partial charge is 0.0703 e. The summed E-state index contributed by atoms with van der Waals surface area (Å²) in [6, 6.07) is 2.63. The van der Waals surface area contributed by atoms with Crippen LogP contribution in [0.4, 0.5) is 5.69 Å². The van der Waals surface area contributed by atoms with Gasteiger partial charge in [0.15, 0.2) is 0 Å². The Bertz CT molecular complexity index is 394. The fraction of sp³-hybridized carbons (Fsp3) is 0.643. The number of aromatic nitrogens is 1. The Hall–Kier alpha value is -1.09. The summed E-state index contributed by atoms with van der Waals surface area (Å²) in [4.78, 5) is 6.71. The van der Waals surface area contributed by atoms with Crippen LogP contribution in [0.5, 0.6) is 0 Å². The molecule has 92 valence electrons. The molecule has 17 heavy (non-hydrogen) atoms. The highest BCUT2D eigenvalue weighted by Crippen LogP contribution is 2.39. The van der Waals surface area contributed by atoms with Gasteiger partial charge in [0.05, 0.1) is 18.5 Å². The zero-order valence-corrected chi connectivity index (χ0v) is 10.2. The van der Waals surface area contributed by atoms with Crippen LogP contribution >= 0.6 is 0 Å². The second kappa shape index (κ2) is 4.65. The molecule has 3 nitrogen and oxygen atoms in total. The quantitative estimate of drug-likeness (QED) is 0.850. The van der Waals surface area contributed by atoms with Crippen LogP contribution in [0.3, 0.4) is 0 Å². The summed E-state index contributed by atoms with van der Waals surface area (Å²) in [5.74, 6) is 0.871. The molecule has 1 aliphatic heterocycles. The van der Waals surface area contributed by atoms with E-state index in [2.05, 4.69) is 9.88 Å². The Morgan fingerprint density at radius 1 is 1.29 bits per heavy atom. The van der Waals surface area contributed by atoms with Crippen molar-refractivity contribution in [2.75, 3.05) is 11.4 Å². The minimum atomic E-state index is 0.117. The van der Waals surface area contributed by atoms with Crippen molar-refractivity contribution < 1.29 is 5.11 Å². The maximum atomic E-state index is 9.42. The predicted octanol–water partition coefficient (Wildman–Crippen LogP) is 2.34. The second-order valence-electron chi connectivity index (χ2n) is 5.26. The second-order valence-corrected chi connectivity index (χ2v) is 5.26. The molecule has 0 bridgehead atoms. The fourth-order valence-electron chi connectivity index (χ4n) is 3.51. The molecule has 2 aliphatic rings. The summed E-state index contributed by atoms with van der Waals surface area (Å²) in [5, 5.41) is 9.42. The summed E-state index contributed by atoms with van der Waals surface area (Å²) in [6.07, 6.45) is 10.4. The topological polar surface area (TPSA) is 36.4 Å². The Labute approximate surface area is 102 Å². The Morgan fingerprint density at radius 3 is 3.06 bits per heavy atom. The molecule has 1 saturated heterocycles. The van der Waals surface area contributed by atoms with Crippen molar-refractivity contribution in [2.45, 2.75) is 44.8 Å². The number of fused-ring (bicyclic) bond motifs is 1. The molecular formula is C14H20N2O. The Morgan fingerprint density at radius 2 is 2.18 bits per heavy atom. The van der Waals surface area contributed by atoms with Crippen molar-refractivity contribution in [3.63, 3.8) is 0 Å². The third kappa shape index (κ3) is 1.93. The van der Waals surface area contributed by atoms with Gasteiger partial charge in [0.25, 0.3) is 0 Å². The number of aliphatic hydroxyl groups excluding tert-OH is 1. The van der Waals surface area contributed by atoms with E-state index in [1.54, 1.807) is 6.20 Å². The van der Waals surface area contributed by atoms with Gasteiger partial charge in [0, 0.05) is 24.3 Å². The van der Waals surface area contributed by atoms with Crippen LogP contribution in [-0.2, 0) is 6.61 Å². The minimum Gasteiger partial charge on any atom is -0.392 e. The van der Waals surface area contributed by atoms with E-state index in [1.807, 2.05) is 12.3 Å². The molecule has 1 aliphatic carbocycles. The molecule has 1 aromatic heterocycles. The number of aliphatic hydroxyl groups is 1. The van der Waals surface area contributed by atoms with Crippen molar-refractivity contribution in [3.05, 3.63) is 24.0 Å². The highest BCUT2D eigenvalue weighted by molar-refractivity contribution is 5.53. The number of anilines is 1. The molecule has 0 spiro atoms. The van der Waals surface area contributed by atoms with Crippen molar-refractivity contribution in [3.8, 4) is 0 Å². The molecular weight excluding hydrogens is 212 g/mol. The van der Waals surface area contributed by atoms with E-state index >= 15 is 0 Å². The number of rotatable bonds is 2. The van der Waals surface area contributed by atoms with Crippen LogP contribution in [0.15, 0.2) is 18.5 Å². The van der Waals surface area contributed by atoms with Gasteiger partial charge in [-0.25, -0.2) is 0 Å². The number of nitrogens with zero attached hydrogens (tertiary/aromatic N) is 2. The van der Waals surface area contributed by atoms with Gasteiger partial charge in [-0.15, -0.1) is 0 Å². The average Bonchev–Trinajstić information content (AvgIpc) is 2.82. The maximum Gasteiger partial charge on any atom is 0.0703 e. The van der Waals surface area contributed by atoms with Crippen LogP contribution in [-0.4, -0.2) is 22.7 Å². The zero-order chi connectivity index (χ0) is 11.7. The van der Waals surface area contributed by atoms with E-state index in [4.69, 9.17) is 0 Å². The number of pyridine rings is 1. The minimum absolute atomic E-state index is 0.117. The molecule has 2 atom stereocenters. The lowest BCUT2D eigenvalue weighted by atomic mass is 9.85. The Balaban J connectivity index is 1.88. The van der Waals surface area contributed by atoms with E-state index in [1.165, 1.54) is 32.1 Å². The van der Waals surface area contributed by atoms with Gasteiger partial charge < -0.3 is 10.0 Å². The first kappa shape index (κ1) is 11.0. The van der Waals surface area contributed by atoms with Crippen LogP contribution in [0.1, 0.15) is 37.7 Å². The first-order valence-electron chi connectivity index (χ1n) is 6.70. The molecule has 0 amide bonds. The van der Waals surface area contributed by atoms with Gasteiger partial charge in [-0.05, 0) is 31.2 Å². The van der Waals surface area contributed by atoms with E-state index < -0.39 is 0 Å². The first-order valence-corrected chi connectivity index (χ1v) is 6.70. The van der Waals surface area contributed by atoms with Crippen LogP contribution in [0.25, 0.3) is 0 Å². The molecule has 3 heteroatoms. The van der Waals surface area contributed by atoms with E-state index in [9.17, 15) is 5.11 Å². The van der Waals surface area contributed by atoms with E-state index in [0.29, 0.717) is 6.04 Å². The van der Waals surface area contributed by atoms with E-state index in [-0.39, 0.29) is 6.61 Å². The third-order valence-electron chi connectivity index (χ3n) is 4.38. The van der Waals surface area contributed by atoms with Crippen molar-refractivity contribution >= 4 is 5.69 Å². The zero-order valence-electron chi connectivity index (χ0n) is 10.2. The summed E-state index contributed by atoms with van der Waals surface area (Å²) >= 11 is 0. The monoisotopic (exact) mass is 232 g/mol. The lowest BCUT2D eigenvalue weighted by Crippen LogP contribution is -2.35. The molecule has 1 aromatic rings. The van der Waals surface area contributed by atoms with Gasteiger partial charge in [0.1, 0.15) is 0 Å². The first-order chi connectivity index (χ1) is 8.40. The predicted molar refractivity (Wildman–Crippen MR) is 67.9 cm³/mol. The summed E-state index contributed by atoms with van der Waals surface area (Å²) in [6.45, 7) is 1.25. The highest BCUT2D eigenvalue weighted by Gasteiger charge is 2.36. The summed E-state index contributed by atoms with van der Waals surface area (Å²) in [7, 11) is 0. The van der Waals surface area contributed by atoms with Gasteiger partial charge >= 0.3 is 0 Å². The standard InChI is InChI=1S/C14H20N2O/c17-10-12-5-7-15-9-14(12)16-8-6-11-3-1-2-4-13(11)16/h5,7,9,11,13,17H,1-4,6,8,10H2. The van der Waals surface area contributed by atoms with Gasteiger partial charge in [0.2, 0.25) is 0 Å². The largest absolute Gasteiger partial charge is 0.392 e. The lowest BCUT2D eigenvalue weighted by Gasteiger charge is -2.33. The third-order valence-corrected chi connectivity index (χ3v) is 4.38. The van der Waals surface area contributed by atoms with Crippen molar-refractivity contribution in [1.29, 1.82) is 0 Å². The van der Waals surface area contributed by atoms with Crippen molar-refractivity contribution in [1.82, 2.24) is 4.98 Å². The van der Waals surface area contributed by atoms with Gasteiger partial charge in [-0.3, -0.25) is 4.98 Å². The normalized spacial score (nSPS) is 28.2. The van der Waals surface area contributed by atoms with Gasteiger partial charge in [-0.2, -0.15) is 0 Å².